The molecule has 3 rings (SSSR count). The van der Waals surface area contributed by atoms with Crippen LogP contribution >= 0.6 is 27.5 Å². The van der Waals surface area contributed by atoms with Crippen LogP contribution in [-0.4, -0.2) is 10.2 Å². The molecule has 1 aromatic heterocycles. The van der Waals surface area contributed by atoms with Gasteiger partial charge in [-0.3, -0.25) is 4.79 Å². The van der Waals surface area contributed by atoms with Crippen LogP contribution in [0.15, 0.2) is 59.1 Å². The number of rotatable bonds is 4. The average molecular weight is 377 g/mol. The molecular weight excluding hydrogens is 366 g/mol. The molecule has 22 heavy (non-hydrogen) atoms. The van der Waals surface area contributed by atoms with E-state index >= 15 is 0 Å². The Morgan fingerprint density at radius 2 is 1.91 bits per heavy atom. The monoisotopic (exact) mass is 375 g/mol. The summed E-state index contributed by atoms with van der Waals surface area (Å²) in [6.07, 6.45) is 0. The average Bonchev–Trinajstić information content (AvgIpc) is 2.53. The van der Waals surface area contributed by atoms with E-state index in [1.807, 2.05) is 48.5 Å². The van der Waals surface area contributed by atoms with E-state index in [4.69, 9.17) is 16.3 Å². The predicted octanol–water partition coefficient (Wildman–Crippen LogP) is 4.96. The first-order valence-corrected chi connectivity index (χ1v) is 7.78. The maximum atomic E-state index is 11.6. The third-order valence-electron chi connectivity index (χ3n) is 3.18. The smallest absolute Gasteiger partial charge is 0.274 e. The molecule has 0 aliphatic heterocycles. The molecule has 0 saturated carbocycles. The minimum Gasteiger partial charge on any atom is -0.486 e. The molecule has 110 valence electrons. The van der Waals surface area contributed by atoms with Crippen molar-refractivity contribution in [2.75, 3.05) is 0 Å². The number of ether oxygens (including phenoxy) is 1. The van der Waals surface area contributed by atoms with Crippen LogP contribution in [0.2, 0.25) is 0 Å². The number of hydrogen-bond donors (Lipinski definition) is 0. The molecule has 0 N–H and O–H groups in total. The molecular formula is C17H11BrClNO2. The van der Waals surface area contributed by atoms with Gasteiger partial charge >= 0.3 is 0 Å². The Morgan fingerprint density at radius 1 is 1.14 bits per heavy atom. The molecule has 0 aliphatic rings. The Labute approximate surface area is 141 Å². The van der Waals surface area contributed by atoms with Crippen LogP contribution < -0.4 is 4.74 Å². The van der Waals surface area contributed by atoms with Gasteiger partial charge in [0.1, 0.15) is 6.61 Å². The largest absolute Gasteiger partial charge is 0.486 e. The van der Waals surface area contributed by atoms with E-state index in [1.165, 1.54) is 0 Å². The van der Waals surface area contributed by atoms with Crippen LogP contribution in [0.1, 0.15) is 16.1 Å². The van der Waals surface area contributed by atoms with Crippen molar-refractivity contribution in [3.8, 4) is 5.75 Å². The number of para-hydroxylation sites is 1. The van der Waals surface area contributed by atoms with Crippen LogP contribution in [0.25, 0.3) is 10.9 Å². The minimum atomic E-state index is -0.638. The van der Waals surface area contributed by atoms with Gasteiger partial charge in [-0.15, -0.1) is 0 Å². The number of benzene rings is 2. The number of carbonyl (C=O) groups is 1. The number of nitrogens with zero attached hydrogens (tertiary/aromatic N) is 1. The molecule has 5 heteroatoms. The Hall–Kier alpha value is -1.91. The fraction of sp³-hybridized carbons (Fsp3) is 0.0588. The quantitative estimate of drug-likeness (QED) is 0.604. The summed E-state index contributed by atoms with van der Waals surface area (Å²) in [5.74, 6) is 0.384. The second-order valence-electron chi connectivity index (χ2n) is 4.69. The first kappa shape index (κ1) is 15.0. The summed E-state index contributed by atoms with van der Waals surface area (Å²) < 4.78 is 6.55. The van der Waals surface area contributed by atoms with E-state index < -0.39 is 5.24 Å². The van der Waals surface area contributed by atoms with Crippen molar-refractivity contribution in [2.45, 2.75) is 6.61 Å². The summed E-state index contributed by atoms with van der Waals surface area (Å²) in [6.45, 7) is 0.346. The third-order valence-corrected chi connectivity index (χ3v) is 4.00. The maximum absolute atomic E-state index is 11.6. The zero-order valence-electron chi connectivity index (χ0n) is 11.4. The molecule has 0 saturated heterocycles. The fourth-order valence-electron chi connectivity index (χ4n) is 2.13. The van der Waals surface area contributed by atoms with Gasteiger partial charge in [-0.05, 0) is 45.2 Å². The molecule has 0 atom stereocenters. The summed E-state index contributed by atoms with van der Waals surface area (Å²) in [5, 5.41) is 0.236. The fourth-order valence-corrected chi connectivity index (χ4v) is 2.73. The van der Waals surface area contributed by atoms with E-state index in [0.717, 1.165) is 15.4 Å². The van der Waals surface area contributed by atoms with E-state index in [-0.39, 0.29) is 5.69 Å². The number of halogens is 2. The highest BCUT2D eigenvalue weighted by Gasteiger charge is 2.15. The summed E-state index contributed by atoms with van der Waals surface area (Å²) in [4.78, 5) is 16.0. The van der Waals surface area contributed by atoms with Crippen molar-refractivity contribution in [3.05, 3.63) is 70.3 Å². The first-order chi connectivity index (χ1) is 10.6. The molecule has 1 heterocycles. The van der Waals surface area contributed by atoms with Crippen molar-refractivity contribution in [3.63, 3.8) is 0 Å². The standard InChI is InChI=1S/C17H11BrClNO2/c18-13-8-4-7-12-9-14(16(17(19)21)20-15(12)13)22-10-11-5-2-1-3-6-11/h1-9H,10H2. The molecule has 0 amide bonds. The minimum absolute atomic E-state index is 0.122. The highest BCUT2D eigenvalue weighted by Crippen LogP contribution is 2.29. The second kappa shape index (κ2) is 6.46. The van der Waals surface area contributed by atoms with Gasteiger partial charge in [0.2, 0.25) is 0 Å². The molecule has 3 nitrogen and oxygen atoms in total. The SMILES string of the molecule is O=C(Cl)c1nc2c(Br)cccc2cc1OCc1ccccc1. The van der Waals surface area contributed by atoms with Crippen LogP contribution in [-0.2, 0) is 6.61 Å². The molecule has 2 aromatic carbocycles. The van der Waals surface area contributed by atoms with Gasteiger partial charge in [0, 0.05) is 9.86 Å². The van der Waals surface area contributed by atoms with Crippen LogP contribution in [0, 0.1) is 0 Å². The highest BCUT2D eigenvalue weighted by atomic mass is 79.9. The number of pyridine rings is 1. The normalized spacial score (nSPS) is 10.6. The number of fused-ring (bicyclic) bond motifs is 1. The van der Waals surface area contributed by atoms with Crippen LogP contribution in [0.5, 0.6) is 5.75 Å². The predicted molar refractivity (Wildman–Crippen MR) is 90.4 cm³/mol. The molecule has 0 spiro atoms. The molecule has 3 aromatic rings. The summed E-state index contributed by atoms with van der Waals surface area (Å²) in [5.41, 5.74) is 1.81. The van der Waals surface area contributed by atoms with Crippen molar-refractivity contribution >= 4 is 43.7 Å². The van der Waals surface area contributed by atoms with E-state index in [2.05, 4.69) is 20.9 Å². The summed E-state index contributed by atoms with van der Waals surface area (Å²) in [7, 11) is 0. The van der Waals surface area contributed by atoms with Crippen molar-refractivity contribution < 1.29 is 9.53 Å². The van der Waals surface area contributed by atoms with Crippen LogP contribution in [0.4, 0.5) is 0 Å². The molecule has 0 fully saturated rings. The van der Waals surface area contributed by atoms with Crippen LogP contribution in [0.3, 0.4) is 0 Å². The molecule has 0 bridgehead atoms. The topological polar surface area (TPSA) is 39.2 Å². The van der Waals surface area contributed by atoms with Gasteiger partial charge in [-0.2, -0.15) is 0 Å². The van der Waals surface area contributed by atoms with Gasteiger partial charge in [0.05, 0.1) is 5.52 Å². The number of carbonyl (C=O) groups excluding carboxylic acids is 1. The molecule has 0 radical (unpaired) electrons. The number of aromatic nitrogens is 1. The lowest BCUT2D eigenvalue weighted by molar-refractivity contribution is 0.107. The van der Waals surface area contributed by atoms with Gasteiger partial charge in [0.25, 0.3) is 5.24 Å². The zero-order valence-corrected chi connectivity index (χ0v) is 13.8. The van der Waals surface area contributed by atoms with E-state index in [1.54, 1.807) is 6.07 Å². The summed E-state index contributed by atoms with van der Waals surface area (Å²) >= 11 is 9.07. The third kappa shape index (κ3) is 3.13. The molecule has 0 unspecified atom stereocenters. The van der Waals surface area contributed by atoms with Crippen molar-refractivity contribution in [1.82, 2.24) is 4.98 Å². The Morgan fingerprint density at radius 3 is 2.64 bits per heavy atom. The maximum Gasteiger partial charge on any atom is 0.274 e. The lowest BCUT2D eigenvalue weighted by Gasteiger charge is -2.11. The summed E-state index contributed by atoms with van der Waals surface area (Å²) in [6, 6.07) is 17.2. The van der Waals surface area contributed by atoms with Crippen molar-refractivity contribution in [1.29, 1.82) is 0 Å². The van der Waals surface area contributed by atoms with Gasteiger partial charge < -0.3 is 4.74 Å². The van der Waals surface area contributed by atoms with E-state index in [0.29, 0.717) is 17.9 Å². The lowest BCUT2D eigenvalue weighted by Crippen LogP contribution is -2.03. The lowest BCUT2D eigenvalue weighted by atomic mass is 10.2. The van der Waals surface area contributed by atoms with Crippen molar-refractivity contribution in [2.24, 2.45) is 0 Å². The van der Waals surface area contributed by atoms with Gasteiger partial charge in [0.15, 0.2) is 11.4 Å². The Balaban J connectivity index is 2.00. The highest BCUT2D eigenvalue weighted by molar-refractivity contribution is 9.10. The zero-order chi connectivity index (χ0) is 15.5. The Kier molecular flexibility index (Phi) is 4.41. The van der Waals surface area contributed by atoms with E-state index in [9.17, 15) is 4.79 Å². The van der Waals surface area contributed by atoms with Gasteiger partial charge in [-0.25, -0.2) is 4.98 Å². The second-order valence-corrected chi connectivity index (χ2v) is 5.89. The number of hydrogen-bond acceptors (Lipinski definition) is 3. The first-order valence-electron chi connectivity index (χ1n) is 6.61. The van der Waals surface area contributed by atoms with Gasteiger partial charge in [-0.1, -0.05) is 42.5 Å². The molecule has 0 aliphatic carbocycles. The Bertz CT molecular complexity index is 837.